The molecule has 0 radical (unpaired) electrons. The third-order valence-electron chi connectivity index (χ3n) is 6.37. The second-order valence-electron chi connectivity index (χ2n) is 8.30. The van der Waals surface area contributed by atoms with E-state index in [1.807, 2.05) is 73.7 Å². The quantitative estimate of drug-likeness (QED) is 0.525. The predicted octanol–water partition coefficient (Wildman–Crippen LogP) is 4.45. The van der Waals surface area contributed by atoms with Gasteiger partial charge in [-0.2, -0.15) is 0 Å². The Kier molecular flexibility index (Phi) is 7.65. The van der Waals surface area contributed by atoms with Crippen LogP contribution in [0.1, 0.15) is 29.5 Å². The average Bonchev–Trinajstić information content (AvgIpc) is 2.88. The van der Waals surface area contributed by atoms with Crippen molar-refractivity contribution >= 4 is 0 Å². The molecule has 3 aromatic rings. The Labute approximate surface area is 196 Å². The zero-order valence-electron chi connectivity index (χ0n) is 19.4. The van der Waals surface area contributed by atoms with Crippen LogP contribution in [0.15, 0.2) is 78.9 Å². The van der Waals surface area contributed by atoms with Crippen molar-refractivity contribution in [1.82, 2.24) is 4.90 Å². The zero-order valence-corrected chi connectivity index (χ0v) is 19.4. The van der Waals surface area contributed by atoms with Gasteiger partial charge >= 0.3 is 0 Å². The van der Waals surface area contributed by atoms with Crippen LogP contribution in [0.3, 0.4) is 0 Å². The molecule has 33 heavy (non-hydrogen) atoms. The van der Waals surface area contributed by atoms with Gasteiger partial charge in [0.25, 0.3) is 0 Å². The largest absolute Gasteiger partial charge is 0.496 e. The van der Waals surface area contributed by atoms with Crippen LogP contribution in [-0.4, -0.2) is 56.6 Å². The van der Waals surface area contributed by atoms with E-state index in [2.05, 4.69) is 17.0 Å². The number of hydrogen-bond acceptors (Lipinski definition) is 5. The lowest BCUT2D eigenvalue weighted by Gasteiger charge is -2.41. The second kappa shape index (κ2) is 10.8. The molecule has 5 nitrogen and oxygen atoms in total. The Morgan fingerprint density at radius 3 is 2.27 bits per heavy atom. The Hall–Kier alpha value is -2.86. The van der Waals surface area contributed by atoms with Gasteiger partial charge in [0, 0.05) is 31.1 Å². The highest BCUT2D eigenvalue weighted by atomic mass is 16.5. The molecule has 0 spiro atoms. The van der Waals surface area contributed by atoms with Gasteiger partial charge in [-0.3, -0.25) is 4.90 Å². The number of morpholine rings is 1. The minimum Gasteiger partial charge on any atom is -0.496 e. The van der Waals surface area contributed by atoms with E-state index in [1.165, 1.54) is 0 Å². The van der Waals surface area contributed by atoms with Gasteiger partial charge < -0.3 is 19.3 Å². The maximum Gasteiger partial charge on any atom is 0.126 e. The SMILES string of the molecule is CCOc1ccc([C@](O)(c2ccccc2OC)[C@@H](CN2CCOCC2)c2ccccc2)cc1. The number of aliphatic hydroxyl groups is 1. The van der Waals surface area contributed by atoms with Crippen LogP contribution in [0.4, 0.5) is 0 Å². The Morgan fingerprint density at radius 1 is 0.939 bits per heavy atom. The molecular weight excluding hydrogens is 414 g/mol. The summed E-state index contributed by atoms with van der Waals surface area (Å²) in [6.07, 6.45) is 0. The van der Waals surface area contributed by atoms with Gasteiger partial charge in [-0.1, -0.05) is 60.7 Å². The maximum absolute atomic E-state index is 12.8. The van der Waals surface area contributed by atoms with Gasteiger partial charge in [-0.05, 0) is 36.2 Å². The van der Waals surface area contributed by atoms with E-state index in [9.17, 15) is 5.11 Å². The van der Waals surface area contributed by atoms with E-state index in [0.717, 1.165) is 35.5 Å². The summed E-state index contributed by atoms with van der Waals surface area (Å²) in [5.74, 6) is 1.22. The van der Waals surface area contributed by atoms with Gasteiger partial charge in [-0.15, -0.1) is 0 Å². The van der Waals surface area contributed by atoms with Crippen molar-refractivity contribution in [3.8, 4) is 11.5 Å². The van der Waals surface area contributed by atoms with E-state index in [0.29, 0.717) is 32.1 Å². The first kappa shape index (κ1) is 23.3. The van der Waals surface area contributed by atoms with Crippen LogP contribution in [0.2, 0.25) is 0 Å². The van der Waals surface area contributed by atoms with E-state index in [4.69, 9.17) is 14.2 Å². The van der Waals surface area contributed by atoms with Crippen LogP contribution < -0.4 is 9.47 Å². The highest BCUT2D eigenvalue weighted by Gasteiger charge is 2.44. The summed E-state index contributed by atoms with van der Waals surface area (Å²) in [7, 11) is 1.65. The summed E-state index contributed by atoms with van der Waals surface area (Å²) in [4.78, 5) is 2.37. The van der Waals surface area contributed by atoms with Crippen molar-refractivity contribution in [3.63, 3.8) is 0 Å². The second-order valence-corrected chi connectivity index (χ2v) is 8.30. The minimum absolute atomic E-state index is 0.231. The fourth-order valence-electron chi connectivity index (χ4n) is 4.68. The molecule has 1 heterocycles. The van der Waals surface area contributed by atoms with Crippen LogP contribution >= 0.6 is 0 Å². The third-order valence-corrected chi connectivity index (χ3v) is 6.37. The molecular formula is C28H33NO4. The lowest BCUT2D eigenvalue weighted by molar-refractivity contribution is -0.000152. The molecule has 0 unspecified atom stereocenters. The average molecular weight is 448 g/mol. The Balaban J connectivity index is 1.87. The first-order valence-electron chi connectivity index (χ1n) is 11.6. The Bertz CT molecular complexity index is 1000. The molecule has 1 fully saturated rings. The summed E-state index contributed by atoms with van der Waals surface area (Å²) in [6, 6.07) is 25.8. The zero-order chi connectivity index (χ0) is 23.1. The lowest BCUT2D eigenvalue weighted by Crippen LogP contribution is -2.45. The fraction of sp³-hybridized carbons (Fsp3) is 0.357. The molecule has 0 bridgehead atoms. The smallest absolute Gasteiger partial charge is 0.126 e. The molecule has 1 saturated heterocycles. The van der Waals surface area contributed by atoms with E-state index >= 15 is 0 Å². The molecule has 1 aliphatic rings. The molecule has 1 N–H and O–H groups in total. The van der Waals surface area contributed by atoms with Gasteiger partial charge in [-0.25, -0.2) is 0 Å². The number of hydrogen-bond donors (Lipinski definition) is 1. The third kappa shape index (κ3) is 5.06. The number of methoxy groups -OCH3 is 1. The van der Waals surface area contributed by atoms with Crippen LogP contribution in [-0.2, 0) is 10.3 Å². The molecule has 4 rings (SSSR count). The number of benzene rings is 3. The van der Waals surface area contributed by atoms with Crippen LogP contribution in [0.25, 0.3) is 0 Å². The molecule has 5 heteroatoms. The topological polar surface area (TPSA) is 51.2 Å². The van der Waals surface area contributed by atoms with Crippen molar-refractivity contribution in [1.29, 1.82) is 0 Å². The van der Waals surface area contributed by atoms with Crippen LogP contribution in [0.5, 0.6) is 11.5 Å². The number of ether oxygens (including phenoxy) is 3. The molecule has 0 aliphatic carbocycles. The summed E-state index contributed by atoms with van der Waals surface area (Å²) in [5, 5.41) is 12.8. The standard InChI is InChI=1S/C28H33NO4/c1-3-33-24-15-13-23(14-16-24)28(30,25-11-7-8-12-27(25)31-2)26(22-9-5-4-6-10-22)21-29-17-19-32-20-18-29/h4-16,26,30H,3,17-21H2,1-2H3/t26-,28-/m0/s1. The molecule has 1 aliphatic heterocycles. The summed E-state index contributed by atoms with van der Waals surface area (Å²) in [6.45, 7) is 6.35. The van der Waals surface area contributed by atoms with Gasteiger partial charge in [0.2, 0.25) is 0 Å². The van der Waals surface area contributed by atoms with E-state index in [1.54, 1.807) is 7.11 Å². The summed E-state index contributed by atoms with van der Waals surface area (Å²) < 4.78 is 17.0. The highest BCUT2D eigenvalue weighted by Crippen LogP contribution is 2.46. The monoisotopic (exact) mass is 447 g/mol. The van der Waals surface area contributed by atoms with E-state index < -0.39 is 5.60 Å². The van der Waals surface area contributed by atoms with Crippen LogP contribution in [0, 0.1) is 0 Å². The predicted molar refractivity (Wildman–Crippen MR) is 130 cm³/mol. The van der Waals surface area contributed by atoms with Crippen molar-refractivity contribution in [2.75, 3.05) is 46.6 Å². The highest BCUT2D eigenvalue weighted by molar-refractivity contribution is 5.49. The minimum atomic E-state index is -1.32. The molecule has 0 amide bonds. The maximum atomic E-state index is 12.8. The molecule has 3 aromatic carbocycles. The Morgan fingerprint density at radius 2 is 1.61 bits per heavy atom. The fourth-order valence-corrected chi connectivity index (χ4v) is 4.68. The van der Waals surface area contributed by atoms with Crippen molar-refractivity contribution in [2.45, 2.75) is 18.4 Å². The first-order chi connectivity index (χ1) is 16.2. The summed E-state index contributed by atoms with van der Waals surface area (Å²) in [5.41, 5.74) is 1.31. The van der Waals surface area contributed by atoms with Gasteiger partial charge in [0.05, 0.1) is 26.9 Å². The van der Waals surface area contributed by atoms with Crippen molar-refractivity contribution in [2.24, 2.45) is 0 Å². The number of nitrogens with zero attached hydrogens (tertiary/aromatic N) is 1. The van der Waals surface area contributed by atoms with Crippen molar-refractivity contribution < 1.29 is 19.3 Å². The van der Waals surface area contributed by atoms with Gasteiger partial charge in [0.1, 0.15) is 17.1 Å². The number of para-hydroxylation sites is 1. The molecule has 2 atom stereocenters. The van der Waals surface area contributed by atoms with E-state index in [-0.39, 0.29) is 5.92 Å². The van der Waals surface area contributed by atoms with Gasteiger partial charge in [0.15, 0.2) is 0 Å². The number of rotatable bonds is 9. The lowest BCUT2D eigenvalue weighted by atomic mass is 9.72. The summed E-state index contributed by atoms with van der Waals surface area (Å²) >= 11 is 0. The first-order valence-corrected chi connectivity index (χ1v) is 11.6. The molecule has 0 aromatic heterocycles. The molecule has 174 valence electrons. The molecule has 0 saturated carbocycles. The van der Waals surface area contributed by atoms with Crippen molar-refractivity contribution in [3.05, 3.63) is 95.6 Å². The normalized spacial score (nSPS) is 17.2.